The molecule has 2 N–H and O–H groups in total. The maximum absolute atomic E-state index is 14.0. The number of para-hydroxylation sites is 2. The summed E-state index contributed by atoms with van der Waals surface area (Å²) in [5, 5.41) is 8.38. The molecule has 2 heterocycles. The number of amides is 3. The summed E-state index contributed by atoms with van der Waals surface area (Å²) < 4.78 is 5.50. The van der Waals surface area contributed by atoms with Crippen LogP contribution in [0.15, 0.2) is 82.5 Å². The Hall–Kier alpha value is -4.12. The highest BCUT2D eigenvalue weighted by Crippen LogP contribution is 2.44. The van der Waals surface area contributed by atoms with Crippen LogP contribution in [0.1, 0.15) is 25.1 Å². The van der Waals surface area contributed by atoms with Crippen LogP contribution in [0.2, 0.25) is 10.0 Å². The van der Waals surface area contributed by atoms with Crippen LogP contribution in [-0.2, 0) is 17.8 Å². The third kappa shape index (κ3) is 6.67. The van der Waals surface area contributed by atoms with E-state index in [-0.39, 0.29) is 30.1 Å². The fourth-order valence-electron chi connectivity index (χ4n) is 4.31. The number of nitrogens with zero attached hydrogens (tertiary/aromatic N) is 4. The van der Waals surface area contributed by atoms with Crippen LogP contribution in [0, 0.1) is 0 Å². The Bertz CT molecular complexity index is 1560. The Morgan fingerprint density at radius 1 is 1.24 bits per heavy atom. The van der Waals surface area contributed by atoms with Gasteiger partial charge >= 0.3 is 6.03 Å². The molecule has 0 bridgehead atoms. The first-order chi connectivity index (χ1) is 20.2. The zero-order chi connectivity index (χ0) is 30.4. The van der Waals surface area contributed by atoms with Crippen molar-refractivity contribution in [3.63, 3.8) is 0 Å². The molecule has 4 rings (SSSR count). The number of aliphatic imine (C=N–C) groups is 1. The lowest BCUT2D eigenvalue weighted by Gasteiger charge is -2.38. The largest absolute Gasteiger partial charge is 0.495 e. The highest BCUT2D eigenvalue weighted by Gasteiger charge is 2.35. The number of allylic oxidation sites excluding steroid dienone is 1. The second kappa shape index (κ2) is 13.7. The van der Waals surface area contributed by atoms with E-state index in [2.05, 4.69) is 33.8 Å². The number of hydrogen-bond donors (Lipinski definition) is 2. The fraction of sp³-hybridized carbons (Fsp3) is 0.200. The number of thiazole rings is 1. The lowest BCUT2D eigenvalue weighted by atomic mass is 10.1. The maximum Gasteiger partial charge on any atom is 0.329 e. The predicted octanol–water partition coefficient (Wildman–Crippen LogP) is 7.52. The molecule has 218 valence electrons. The van der Waals surface area contributed by atoms with Crippen LogP contribution in [0.4, 0.5) is 21.9 Å². The zero-order valence-corrected chi connectivity index (χ0v) is 25.7. The summed E-state index contributed by atoms with van der Waals surface area (Å²) in [6, 6.07) is 8.64. The molecule has 0 fully saturated rings. The van der Waals surface area contributed by atoms with Gasteiger partial charge < -0.3 is 15.4 Å². The Morgan fingerprint density at radius 3 is 2.57 bits per heavy atom. The van der Waals surface area contributed by atoms with Crippen LogP contribution in [-0.4, -0.2) is 41.7 Å². The van der Waals surface area contributed by atoms with E-state index in [9.17, 15) is 9.59 Å². The summed E-state index contributed by atoms with van der Waals surface area (Å²) in [5.41, 5.74) is 6.21. The Balaban J connectivity index is 1.70. The predicted molar refractivity (Wildman–Crippen MR) is 172 cm³/mol. The van der Waals surface area contributed by atoms with Crippen molar-refractivity contribution < 1.29 is 14.3 Å². The van der Waals surface area contributed by atoms with Crippen LogP contribution in [0.3, 0.4) is 0 Å². The highest BCUT2D eigenvalue weighted by atomic mass is 35.5. The number of halogens is 2. The molecule has 0 saturated heterocycles. The quantitative estimate of drug-likeness (QED) is 0.170. The lowest BCUT2D eigenvalue weighted by Crippen LogP contribution is -2.48. The molecule has 0 radical (unpaired) electrons. The maximum atomic E-state index is 14.0. The Labute approximate surface area is 258 Å². The van der Waals surface area contributed by atoms with Gasteiger partial charge in [0.15, 0.2) is 0 Å². The molecule has 0 unspecified atom stereocenters. The van der Waals surface area contributed by atoms with Crippen molar-refractivity contribution in [3.05, 3.63) is 98.9 Å². The second-order valence-electron chi connectivity index (χ2n) is 9.18. The number of anilines is 3. The number of carbonyl (C=O) groups excluding carboxylic acids is 2. The van der Waals surface area contributed by atoms with Gasteiger partial charge in [0.2, 0.25) is 5.91 Å². The molecule has 0 saturated carbocycles. The SMILES string of the molecule is C=CC(=O)Nc1ccccc1NC(=C)/N=C\C1=C(C)N(Cc2cscn2)C(=O)N(c2c(Cl)c(CC)cc(OC)c2Cl)C1. The minimum absolute atomic E-state index is 0.150. The minimum atomic E-state index is -0.340. The topological polar surface area (TPSA) is 99.2 Å². The number of aromatic nitrogens is 1. The summed E-state index contributed by atoms with van der Waals surface area (Å²) in [7, 11) is 1.52. The van der Waals surface area contributed by atoms with Crippen LogP contribution >= 0.6 is 34.5 Å². The zero-order valence-electron chi connectivity index (χ0n) is 23.4. The molecule has 3 aromatic rings. The molecule has 42 heavy (non-hydrogen) atoms. The van der Waals surface area contributed by atoms with E-state index in [0.29, 0.717) is 45.8 Å². The van der Waals surface area contributed by atoms with Gasteiger partial charge in [0.25, 0.3) is 0 Å². The molecule has 12 heteroatoms. The van der Waals surface area contributed by atoms with Crippen molar-refractivity contribution in [2.75, 3.05) is 29.2 Å². The van der Waals surface area contributed by atoms with Gasteiger partial charge in [0, 0.05) is 22.9 Å². The number of nitrogens with one attached hydrogen (secondary N) is 2. The van der Waals surface area contributed by atoms with Gasteiger partial charge in [-0.1, -0.05) is 55.4 Å². The number of aryl methyl sites for hydroxylation is 1. The van der Waals surface area contributed by atoms with Gasteiger partial charge in [0.05, 0.1) is 53.5 Å². The van der Waals surface area contributed by atoms with E-state index >= 15 is 0 Å². The van der Waals surface area contributed by atoms with Crippen molar-refractivity contribution in [2.24, 2.45) is 4.99 Å². The second-order valence-corrected chi connectivity index (χ2v) is 10.7. The van der Waals surface area contributed by atoms with Crippen molar-refractivity contribution in [1.29, 1.82) is 0 Å². The van der Waals surface area contributed by atoms with Crippen molar-refractivity contribution in [3.8, 4) is 5.75 Å². The standard InChI is InChI=1S/C30H30Cl2N6O3S/c1-6-20-12-25(41-5)28(32)29(27(20)31)38-14-21(18(3)37(30(38)40)15-22-16-42-17-34-22)13-33-19(4)35-23-10-8-9-11-24(23)36-26(39)7-2/h7-13,16-17,35H,2,4,6,14-15H2,1,3,5H3,(H,36,39)/b33-13-. The molecule has 0 aliphatic carbocycles. The average molecular weight is 626 g/mol. The first-order valence-electron chi connectivity index (χ1n) is 12.9. The van der Waals surface area contributed by atoms with Gasteiger partial charge in [-0.2, -0.15) is 0 Å². The molecule has 0 spiro atoms. The van der Waals surface area contributed by atoms with E-state index in [4.69, 9.17) is 27.9 Å². The third-order valence-electron chi connectivity index (χ3n) is 6.58. The van der Waals surface area contributed by atoms with Crippen molar-refractivity contribution >= 4 is 69.8 Å². The molecule has 3 amide bonds. The first kappa shape index (κ1) is 30.8. The number of methoxy groups -OCH3 is 1. The van der Waals surface area contributed by atoms with E-state index in [1.807, 2.05) is 25.3 Å². The normalized spacial score (nSPS) is 13.5. The minimum Gasteiger partial charge on any atom is -0.495 e. The fourth-order valence-corrected chi connectivity index (χ4v) is 5.62. The third-order valence-corrected chi connectivity index (χ3v) is 8.00. The van der Waals surface area contributed by atoms with E-state index in [0.717, 1.165) is 16.8 Å². The van der Waals surface area contributed by atoms with Crippen LogP contribution in [0.25, 0.3) is 0 Å². The molecular weight excluding hydrogens is 595 g/mol. The summed E-state index contributed by atoms with van der Waals surface area (Å²) in [6.45, 7) is 11.7. The smallest absolute Gasteiger partial charge is 0.329 e. The summed E-state index contributed by atoms with van der Waals surface area (Å²) >= 11 is 15.0. The number of urea groups is 1. The van der Waals surface area contributed by atoms with Crippen LogP contribution in [0.5, 0.6) is 5.75 Å². The van der Waals surface area contributed by atoms with E-state index in [1.54, 1.807) is 40.9 Å². The first-order valence-corrected chi connectivity index (χ1v) is 14.6. The monoisotopic (exact) mass is 624 g/mol. The molecule has 1 aliphatic rings. The van der Waals surface area contributed by atoms with Gasteiger partial charge in [-0.3, -0.25) is 14.6 Å². The molecule has 1 aromatic heterocycles. The van der Waals surface area contributed by atoms with Gasteiger partial charge in [0.1, 0.15) is 16.6 Å². The Kier molecular flexibility index (Phi) is 10.1. The van der Waals surface area contributed by atoms with Crippen molar-refractivity contribution in [2.45, 2.75) is 26.8 Å². The van der Waals surface area contributed by atoms with E-state index < -0.39 is 0 Å². The highest BCUT2D eigenvalue weighted by molar-refractivity contribution is 7.07. The summed E-state index contributed by atoms with van der Waals surface area (Å²) in [5.74, 6) is 0.399. The molecule has 1 aliphatic heterocycles. The number of rotatable bonds is 11. The summed E-state index contributed by atoms with van der Waals surface area (Å²) in [6.07, 6.45) is 3.45. The molecule has 0 atom stereocenters. The van der Waals surface area contributed by atoms with Gasteiger partial charge in [-0.15, -0.1) is 11.3 Å². The molecule has 2 aromatic carbocycles. The van der Waals surface area contributed by atoms with Crippen LogP contribution < -0.4 is 20.3 Å². The average Bonchev–Trinajstić information content (AvgIpc) is 3.50. The lowest BCUT2D eigenvalue weighted by molar-refractivity contribution is -0.111. The molecule has 9 nitrogen and oxygen atoms in total. The number of ether oxygens (including phenoxy) is 1. The number of hydrogen-bond acceptors (Lipinski definition) is 7. The van der Waals surface area contributed by atoms with Gasteiger partial charge in [-0.25, -0.2) is 14.8 Å². The van der Waals surface area contributed by atoms with Gasteiger partial charge in [-0.05, 0) is 43.2 Å². The number of benzene rings is 2. The van der Waals surface area contributed by atoms with E-state index in [1.165, 1.54) is 29.4 Å². The Morgan fingerprint density at radius 2 is 1.95 bits per heavy atom. The number of carbonyl (C=O) groups is 2. The summed E-state index contributed by atoms with van der Waals surface area (Å²) in [4.78, 5) is 37.9. The molecular formula is C30H30Cl2N6O3S. The van der Waals surface area contributed by atoms with Crippen molar-refractivity contribution in [1.82, 2.24) is 9.88 Å².